The predicted octanol–water partition coefficient (Wildman–Crippen LogP) is 4.37. The Morgan fingerprint density at radius 2 is 1.86 bits per heavy atom. The first-order valence-electron chi connectivity index (χ1n) is 12.7. The quantitative estimate of drug-likeness (QED) is 0.549. The fourth-order valence-corrected chi connectivity index (χ4v) is 6.53. The monoisotopic (exact) mass is 497 g/mol. The number of benzene rings is 1. The van der Waals surface area contributed by atoms with Crippen LogP contribution in [0.1, 0.15) is 68.1 Å². The highest BCUT2D eigenvalue weighted by atomic mass is 32.2. The zero-order valence-corrected chi connectivity index (χ0v) is 21.1. The molecule has 0 unspecified atom stereocenters. The number of fused-ring (bicyclic) bond motifs is 1. The molecule has 2 heterocycles. The Hall–Kier alpha value is -2.71. The molecule has 0 radical (unpaired) electrons. The van der Waals surface area contributed by atoms with Gasteiger partial charge in [-0.05, 0) is 63.1 Å². The van der Waals surface area contributed by atoms with Crippen molar-refractivity contribution >= 4 is 26.8 Å². The second-order valence-electron chi connectivity index (χ2n) is 9.42. The average molecular weight is 498 g/mol. The summed E-state index contributed by atoms with van der Waals surface area (Å²) in [7, 11) is -3.72. The van der Waals surface area contributed by atoms with Gasteiger partial charge in [0.05, 0.1) is 10.4 Å². The van der Waals surface area contributed by atoms with E-state index in [-0.39, 0.29) is 15.8 Å². The van der Waals surface area contributed by atoms with Crippen LogP contribution in [0.3, 0.4) is 0 Å². The van der Waals surface area contributed by atoms with Crippen LogP contribution in [0.15, 0.2) is 58.4 Å². The standard InChI is InChI=1S/C27H35N3O4S/c1-2-16-29-20-24(27(32)28-15-14-21-10-6-5-7-11-21)26(31)23-19-22(12-13-25(23)29)35(33,34)30-17-8-3-4-9-18-30/h2,10,12-13,19-20H,1,3-9,11,14-18H2,(H,28,32). The lowest BCUT2D eigenvalue weighted by Crippen LogP contribution is -2.32. The van der Waals surface area contributed by atoms with Crippen molar-refractivity contribution in [3.8, 4) is 0 Å². The molecule has 4 rings (SSSR count). The van der Waals surface area contributed by atoms with Crippen molar-refractivity contribution in [2.45, 2.75) is 69.2 Å². The maximum absolute atomic E-state index is 13.4. The molecule has 188 valence electrons. The highest BCUT2D eigenvalue weighted by molar-refractivity contribution is 7.89. The number of allylic oxidation sites excluding steroid dienone is 2. The molecule has 1 aliphatic carbocycles. The van der Waals surface area contributed by atoms with Gasteiger partial charge in [-0.25, -0.2) is 8.42 Å². The molecule has 0 spiro atoms. The molecule has 2 aromatic rings. The second-order valence-corrected chi connectivity index (χ2v) is 11.4. The van der Waals surface area contributed by atoms with Crippen molar-refractivity contribution in [3.63, 3.8) is 0 Å². The van der Waals surface area contributed by atoms with E-state index in [9.17, 15) is 18.0 Å². The lowest BCUT2D eigenvalue weighted by atomic mass is 9.97. The third-order valence-corrected chi connectivity index (χ3v) is 8.84. The van der Waals surface area contributed by atoms with E-state index in [2.05, 4.69) is 18.0 Å². The van der Waals surface area contributed by atoms with E-state index >= 15 is 0 Å². The van der Waals surface area contributed by atoms with Crippen molar-refractivity contribution in [1.29, 1.82) is 0 Å². The van der Waals surface area contributed by atoms with E-state index in [1.54, 1.807) is 29.0 Å². The van der Waals surface area contributed by atoms with Gasteiger partial charge in [0.25, 0.3) is 5.91 Å². The van der Waals surface area contributed by atoms with Gasteiger partial charge in [0, 0.05) is 37.8 Å². The molecule has 1 N–H and O–H groups in total. The van der Waals surface area contributed by atoms with Gasteiger partial charge in [0.2, 0.25) is 15.5 Å². The number of sulfonamides is 1. The molecule has 0 saturated carbocycles. The Kier molecular flexibility index (Phi) is 8.23. The van der Waals surface area contributed by atoms with E-state index in [1.807, 2.05) is 0 Å². The molecule has 1 fully saturated rings. The van der Waals surface area contributed by atoms with Gasteiger partial charge in [-0.15, -0.1) is 6.58 Å². The Morgan fingerprint density at radius 1 is 1.09 bits per heavy atom. The summed E-state index contributed by atoms with van der Waals surface area (Å²) >= 11 is 0. The lowest BCUT2D eigenvalue weighted by molar-refractivity contribution is 0.0952. The maximum Gasteiger partial charge on any atom is 0.256 e. The van der Waals surface area contributed by atoms with Crippen molar-refractivity contribution in [1.82, 2.24) is 14.2 Å². The number of amides is 1. The molecular weight excluding hydrogens is 462 g/mol. The summed E-state index contributed by atoms with van der Waals surface area (Å²) < 4.78 is 29.9. The summed E-state index contributed by atoms with van der Waals surface area (Å²) in [6, 6.07) is 4.64. The van der Waals surface area contributed by atoms with E-state index in [0.717, 1.165) is 44.9 Å². The van der Waals surface area contributed by atoms with Crippen LogP contribution in [0, 0.1) is 0 Å². The molecule has 2 aliphatic rings. The van der Waals surface area contributed by atoms with E-state index in [1.165, 1.54) is 28.8 Å². The average Bonchev–Trinajstić information content (AvgIpc) is 3.16. The zero-order chi connectivity index (χ0) is 24.8. The minimum atomic E-state index is -3.72. The minimum absolute atomic E-state index is 0.0151. The summed E-state index contributed by atoms with van der Waals surface area (Å²) in [4.78, 5) is 26.5. The van der Waals surface area contributed by atoms with E-state index < -0.39 is 21.4 Å². The minimum Gasteiger partial charge on any atom is -0.352 e. The molecule has 8 heteroatoms. The predicted molar refractivity (Wildman–Crippen MR) is 139 cm³/mol. The van der Waals surface area contributed by atoms with Gasteiger partial charge in [-0.2, -0.15) is 4.31 Å². The molecule has 0 bridgehead atoms. The fourth-order valence-electron chi connectivity index (χ4n) is 4.98. The Bertz CT molecular complexity index is 1290. The van der Waals surface area contributed by atoms with Crippen LogP contribution in [-0.2, 0) is 16.6 Å². The maximum atomic E-state index is 13.4. The van der Waals surface area contributed by atoms with Gasteiger partial charge in [-0.1, -0.05) is 30.6 Å². The Labute approximate surface area is 207 Å². The summed E-state index contributed by atoms with van der Waals surface area (Å²) in [5.74, 6) is -0.438. The van der Waals surface area contributed by atoms with Crippen molar-refractivity contribution < 1.29 is 13.2 Å². The Morgan fingerprint density at radius 3 is 2.54 bits per heavy atom. The number of aromatic nitrogens is 1. The molecule has 7 nitrogen and oxygen atoms in total. The highest BCUT2D eigenvalue weighted by Gasteiger charge is 2.26. The topological polar surface area (TPSA) is 88.5 Å². The number of rotatable bonds is 8. The van der Waals surface area contributed by atoms with Crippen LogP contribution in [0.2, 0.25) is 0 Å². The van der Waals surface area contributed by atoms with Crippen LogP contribution in [0.4, 0.5) is 0 Å². The molecule has 1 saturated heterocycles. The third-order valence-electron chi connectivity index (χ3n) is 6.94. The molecule has 1 aromatic carbocycles. The molecule has 1 amide bonds. The van der Waals surface area contributed by atoms with Crippen LogP contribution in [0.25, 0.3) is 10.9 Å². The number of carbonyl (C=O) groups excluding carboxylic acids is 1. The first-order chi connectivity index (χ1) is 16.9. The van der Waals surface area contributed by atoms with Gasteiger partial charge in [0.1, 0.15) is 5.56 Å². The third kappa shape index (κ3) is 5.76. The summed E-state index contributed by atoms with van der Waals surface area (Å²) in [6.07, 6.45) is 14.5. The number of carbonyl (C=O) groups is 1. The first-order valence-corrected chi connectivity index (χ1v) is 14.1. The molecule has 0 atom stereocenters. The van der Waals surface area contributed by atoms with Gasteiger partial charge in [0.15, 0.2) is 0 Å². The van der Waals surface area contributed by atoms with Crippen molar-refractivity contribution in [2.24, 2.45) is 0 Å². The lowest BCUT2D eigenvalue weighted by Gasteiger charge is -2.20. The van der Waals surface area contributed by atoms with E-state index in [0.29, 0.717) is 31.7 Å². The number of pyridine rings is 1. The zero-order valence-electron chi connectivity index (χ0n) is 20.3. The number of hydrogen-bond acceptors (Lipinski definition) is 4. The molecular formula is C27H35N3O4S. The smallest absolute Gasteiger partial charge is 0.256 e. The summed E-state index contributed by atoms with van der Waals surface area (Å²) in [6.45, 7) is 5.61. The summed E-state index contributed by atoms with van der Waals surface area (Å²) in [5, 5.41) is 3.11. The Balaban J connectivity index is 1.66. The molecule has 35 heavy (non-hydrogen) atoms. The number of nitrogens with one attached hydrogen (secondary N) is 1. The highest BCUT2D eigenvalue weighted by Crippen LogP contribution is 2.24. The number of nitrogens with zero attached hydrogens (tertiary/aromatic N) is 2. The number of hydrogen-bond donors (Lipinski definition) is 1. The normalized spacial score (nSPS) is 17.5. The van der Waals surface area contributed by atoms with Crippen LogP contribution in [-0.4, -0.2) is 42.8 Å². The second kappa shape index (κ2) is 11.4. The van der Waals surface area contributed by atoms with Crippen molar-refractivity contribution in [3.05, 3.63) is 64.5 Å². The first kappa shape index (κ1) is 25.4. The van der Waals surface area contributed by atoms with Gasteiger partial charge >= 0.3 is 0 Å². The molecule has 1 aliphatic heterocycles. The fraction of sp³-hybridized carbons (Fsp3) is 0.481. The largest absolute Gasteiger partial charge is 0.352 e. The van der Waals surface area contributed by atoms with Crippen LogP contribution < -0.4 is 10.7 Å². The van der Waals surface area contributed by atoms with Crippen LogP contribution >= 0.6 is 0 Å². The summed E-state index contributed by atoms with van der Waals surface area (Å²) in [5.41, 5.74) is 1.49. The van der Waals surface area contributed by atoms with Gasteiger partial charge in [-0.3, -0.25) is 9.59 Å². The van der Waals surface area contributed by atoms with Crippen molar-refractivity contribution in [2.75, 3.05) is 19.6 Å². The molecule has 1 aromatic heterocycles. The SMILES string of the molecule is C=CCn1cc(C(=O)NCCC2=CCCCC2)c(=O)c2cc(S(=O)(=O)N3CCCCCC3)ccc21. The van der Waals surface area contributed by atoms with Gasteiger partial charge < -0.3 is 9.88 Å². The van der Waals surface area contributed by atoms with E-state index in [4.69, 9.17) is 0 Å². The van der Waals surface area contributed by atoms with Crippen LogP contribution in [0.5, 0.6) is 0 Å².